The Labute approximate surface area is 155 Å². The number of halogens is 4. The quantitative estimate of drug-likeness (QED) is 0.628. The van der Waals surface area contributed by atoms with E-state index < -0.39 is 46.7 Å². The second kappa shape index (κ2) is 6.62. The van der Waals surface area contributed by atoms with Crippen molar-refractivity contribution in [2.45, 2.75) is 12.3 Å². The minimum Gasteiger partial charge on any atom is -0.868 e. The van der Waals surface area contributed by atoms with E-state index >= 15 is 0 Å². The van der Waals surface area contributed by atoms with Crippen LogP contribution in [0.25, 0.3) is 0 Å². The minimum absolute atomic E-state index is 0.0121. The first-order chi connectivity index (χ1) is 12.6. The van der Waals surface area contributed by atoms with Crippen molar-refractivity contribution in [3.8, 4) is 5.75 Å². The number of nitro groups is 1. The van der Waals surface area contributed by atoms with Crippen molar-refractivity contribution in [3.63, 3.8) is 0 Å². The highest BCUT2D eigenvalue weighted by atomic mass is 35.5. The molecule has 1 aliphatic heterocycles. The lowest BCUT2D eigenvalue weighted by molar-refractivity contribution is -0.398. The molecule has 0 saturated carbocycles. The van der Waals surface area contributed by atoms with Crippen LogP contribution in [0.1, 0.15) is 22.1 Å². The number of nitrogens with one attached hydrogen (secondary N) is 1. The lowest BCUT2D eigenvalue weighted by Gasteiger charge is -2.39. The van der Waals surface area contributed by atoms with E-state index in [4.69, 9.17) is 11.6 Å². The number of hydrogen-bond acceptors (Lipinski definition) is 5. The summed E-state index contributed by atoms with van der Waals surface area (Å²) >= 11 is 5.81. The van der Waals surface area contributed by atoms with Crippen LogP contribution in [-0.4, -0.2) is 28.5 Å². The number of nitrogens with zero attached hydrogens (tertiary/aromatic N) is 2. The summed E-state index contributed by atoms with van der Waals surface area (Å²) in [4.78, 5) is 23.1. The van der Waals surface area contributed by atoms with Gasteiger partial charge in [-0.3, -0.25) is 14.9 Å². The molecule has 0 spiro atoms. The molecule has 1 heterocycles. The number of nitro benzene ring substituents is 1. The van der Waals surface area contributed by atoms with E-state index in [0.717, 1.165) is 12.1 Å². The van der Waals surface area contributed by atoms with Crippen molar-refractivity contribution in [2.24, 2.45) is 0 Å². The fraction of sp³-hybridized carbons (Fsp3) is 0.188. The SMILES string of the molecule is O=C1c2ccccc2N[C@H](c2cc(Cl)cc([N+](=O)[O-])c2[O-])N1CC(F)(F)F. The van der Waals surface area contributed by atoms with Crippen molar-refractivity contribution >= 4 is 28.9 Å². The largest absolute Gasteiger partial charge is 0.868 e. The van der Waals surface area contributed by atoms with Gasteiger partial charge in [-0.05, 0) is 29.5 Å². The van der Waals surface area contributed by atoms with E-state index in [1.165, 1.54) is 18.2 Å². The Morgan fingerprint density at radius 3 is 2.56 bits per heavy atom. The number of carbonyl (C=O) groups is 1. The maximum atomic E-state index is 13.0. The zero-order valence-corrected chi connectivity index (χ0v) is 14.0. The molecule has 142 valence electrons. The maximum Gasteiger partial charge on any atom is 0.406 e. The van der Waals surface area contributed by atoms with Crippen LogP contribution in [-0.2, 0) is 0 Å². The summed E-state index contributed by atoms with van der Waals surface area (Å²) in [5.41, 5.74) is -1.13. The topological polar surface area (TPSA) is 98.5 Å². The number of anilines is 1. The molecule has 0 fully saturated rings. The average molecular weight is 401 g/mol. The van der Waals surface area contributed by atoms with Crippen LogP contribution in [0.4, 0.5) is 24.5 Å². The summed E-state index contributed by atoms with van der Waals surface area (Å²) in [7, 11) is 0. The number of amides is 1. The normalized spacial score (nSPS) is 16.7. The van der Waals surface area contributed by atoms with Gasteiger partial charge in [-0.2, -0.15) is 13.2 Å². The summed E-state index contributed by atoms with van der Waals surface area (Å²) in [6.07, 6.45) is -6.32. The Hall–Kier alpha value is -3.01. The highest BCUT2D eigenvalue weighted by Gasteiger charge is 2.41. The van der Waals surface area contributed by atoms with Crippen LogP contribution >= 0.6 is 11.6 Å². The zero-order valence-electron chi connectivity index (χ0n) is 13.3. The van der Waals surface area contributed by atoms with Crippen molar-refractivity contribution in [1.82, 2.24) is 4.90 Å². The number of carbonyl (C=O) groups excluding carboxylic acids is 1. The van der Waals surface area contributed by atoms with Crippen molar-refractivity contribution in [2.75, 3.05) is 11.9 Å². The predicted molar refractivity (Wildman–Crippen MR) is 87.4 cm³/mol. The molecule has 1 aliphatic rings. The maximum absolute atomic E-state index is 13.0. The Morgan fingerprint density at radius 2 is 1.93 bits per heavy atom. The molecular formula is C16H10ClF3N3O4-. The van der Waals surface area contributed by atoms with Gasteiger partial charge in [-0.1, -0.05) is 23.7 Å². The van der Waals surface area contributed by atoms with E-state index in [9.17, 15) is 33.2 Å². The molecule has 2 aromatic carbocycles. The highest BCUT2D eigenvalue weighted by molar-refractivity contribution is 6.31. The number of benzene rings is 2. The van der Waals surface area contributed by atoms with Gasteiger partial charge in [0.15, 0.2) is 0 Å². The molecule has 11 heteroatoms. The van der Waals surface area contributed by atoms with Gasteiger partial charge in [0.05, 0.1) is 10.5 Å². The molecule has 27 heavy (non-hydrogen) atoms. The number of rotatable bonds is 3. The predicted octanol–water partition coefficient (Wildman–Crippen LogP) is 3.45. The summed E-state index contributed by atoms with van der Waals surface area (Å²) < 4.78 is 39.1. The zero-order chi connectivity index (χ0) is 19.9. The van der Waals surface area contributed by atoms with E-state index in [-0.39, 0.29) is 16.3 Å². The second-order valence-corrected chi connectivity index (χ2v) is 6.18. The summed E-state index contributed by atoms with van der Waals surface area (Å²) in [6, 6.07) is 7.64. The number of hydrogen-bond donors (Lipinski definition) is 1. The standard InChI is InChI=1S/C16H11ClF3N3O4/c17-8-5-10(13(24)12(6-8)23(26)27)14-21-11-4-2-1-3-9(11)15(25)22(14)7-16(18,19)20/h1-6,14,21,24H,7H2/p-1/t14-/m0/s1. The Morgan fingerprint density at radius 1 is 1.26 bits per heavy atom. The van der Waals surface area contributed by atoms with Gasteiger partial charge in [0.25, 0.3) is 11.6 Å². The molecular weight excluding hydrogens is 391 g/mol. The Kier molecular flexibility index (Phi) is 4.60. The molecule has 0 aromatic heterocycles. The van der Waals surface area contributed by atoms with E-state index in [2.05, 4.69) is 5.32 Å². The molecule has 0 radical (unpaired) electrons. The fourth-order valence-electron chi connectivity index (χ4n) is 2.83. The molecule has 0 unspecified atom stereocenters. The lowest BCUT2D eigenvalue weighted by Crippen LogP contribution is -2.47. The van der Waals surface area contributed by atoms with E-state index in [1.807, 2.05) is 0 Å². The monoisotopic (exact) mass is 400 g/mol. The summed E-state index contributed by atoms with van der Waals surface area (Å²) in [6.45, 7) is -1.66. The van der Waals surface area contributed by atoms with Crippen LogP contribution in [0.15, 0.2) is 36.4 Å². The molecule has 0 saturated heterocycles. The molecule has 0 aliphatic carbocycles. The van der Waals surface area contributed by atoms with Gasteiger partial charge in [-0.25, -0.2) is 0 Å². The van der Waals surface area contributed by atoms with Crippen LogP contribution in [0, 0.1) is 10.1 Å². The van der Waals surface area contributed by atoms with Gasteiger partial charge >= 0.3 is 6.18 Å². The molecule has 0 bridgehead atoms. The Balaban J connectivity index is 2.17. The average Bonchev–Trinajstić information content (AvgIpc) is 2.58. The third-order valence-electron chi connectivity index (χ3n) is 3.93. The first-order valence-electron chi connectivity index (χ1n) is 7.46. The van der Waals surface area contributed by atoms with Crippen LogP contribution in [0.2, 0.25) is 5.02 Å². The molecule has 1 atom stereocenters. The Bertz CT molecular complexity index is 936. The van der Waals surface area contributed by atoms with Crippen molar-refractivity contribution in [1.29, 1.82) is 0 Å². The first kappa shape index (κ1) is 18.8. The minimum atomic E-state index is -4.75. The number of alkyl halides is 3. The summed E-state index contributed by atoms with van der Waals surface area (Å²) in [5.74, 6) is -2.09. The van der Waals surface area contributed by atoms with Crippen LogP contribution < -0.4 is 10.4 Å². The van der Waals surface area contributed by atoms with Gasteiger partial charge in [0, 0.05) is 16.8 Å². The van der Waals surface area contributed by atoms with Crippen molar-refractivity contribution < 1.29 is 28.0 Å². The van der Waals surface area contributed by atoms with Crippen molar-refractivity contribution in [3.05, 3.63) is 62.7 Å². The number of fused-ring (bicyclic) bond motifs is 1. The van der Waals surface area contributed by atoms with Gasteiger partial charge < -0.3 is 15.3 Å². The molecule has 7 nitrogen and oxygen atoms in total. The molecule has 1 amide bonds. The van der Waals surface area contributed by atoms with Crippen LogP contribution in [0.3, 0.4) is 0 Å². The van der Waals surface area contributed by atoms with E-state index in [1.54, 1.807) is 6.07 Å². The third-order valence-corrected chi connectivity index (χ3v) is 4.14. The highest BCUT2D eigenvalue weighted by Crippen LogP contribution is 2.41. The molecule has 2 aromatic rings. The third kappa shape index (κ3) is 3.61. The number of para-hydroxylation sites is 1. The first-order valence-corrected chi connectivity index (χ1v) is 7.84. The van der Waals surface area contributed by atoms with Gasteiger partial charge in [-0.15, -0.1) is 0 Å². The second-order valence-electron chi connectivity index (χ2n) is 5.74. The van der Waals surface area contributed by atoms with Crippen LogP contribution in [0.5, 0.6) is 5.75 Å². The fourth-order valence-corrected chi connectivity index (χ4v) is 3.05. The van der Waals surface area contributed by atoms with E-state index in [0.29, 0.717) is 4.90 Å². The smallest absolute Gasteiger partial charge is 0.406 e. The lowest BCUT2D eigenvalue weighted by atomic mass is 10.0. The van der Waals surface area contributed by atoms with Gasteiger partial charge in [0.1, 0.15) is 12.7 Å². The molecule has 3 rings (SSSR count). The summed E-state index contributed by atoms with van der Waals surface area (Å²) in [5, 5.41) is 25.9. The van der Waals surface area contributed by atoms with Gasteiger partial charge in [0.2, 0.25) is 0 Å². The molecule has 1 N–H and O–H groups in total.